The van der Waals surface area contributed by atoms with Crippen LogP contribution in [0, 0.1) is 0 Å². The molecule has 2 rings (SSSR count). The topological polar surface area (TPSA) is 154 Å². The van der Waals surface area contributed by atoms with Crippen molar-refractivity contribution in [3.63, 3.8) is 0 Å². The van der Waals surface area contributed by atoms with Crippen molar-refractivity contribution in [2.24, 2.45) is 0 Å². The van der Waals surface area contributed by atoms with Crippen LogP contribution in [0.2, 0.25) is 0 Å². The van der Waals surface area contributed by atoms with Crippen molar-refractivity contribution in [1.29, 1.82) is 0 Å². The molecule has 2 N–H and O–H groups in total. The van der Waals surface area contributed by atoms with Crippen LogP contribution in [0.5, 0.6) is 0 Å². The number of hydrogen-bond donors (Lipinski definition) is 2. The van der Waals surface area contributed by atoms with Crippen LogP contribution < -0.4 is 10.6 Å². The summed E-state index contributed by atoms with van der Waals surface area (Å²) in [6.07, 6.45) is -2.63. The van der Waals surface area contributed by atoms with Crippen molar-refractivity contribution in [2.75, 3.05) is 6.67 Å². The Morgan fingerprint density at radius 1 is 0.579 bits per heavy atom. The highest BCUT2D eigenvalue weighted by atomic mass is 16.6. The van der Waals surface area contributed by atoms with E-state index in [1.165, 1.54) is 69.3 Å². The lowest BCUT2D eigenvalue weighted by molar-refractivity contribution is -0.131. The summed E-state index contributed by atoms with van der Waals surface area (Å²) in [5.74, 6) is -3.55. The number of carbonyl (C=O) groups excluding carboxylic acids is 6. The maximum absolute atomic E-state index is 12.3. The summed E-state index contributed by atoms with van der Waals surface area (Å²) >= 11 is 0. The van der Waals surface area contributed by atoms with Crippen LogP contribution in [0.25, 0.3) is 0 Å². The second-order valence-corrected chi connectivity index (χ2v) is 8.52. The molecule has 2 atom stereocenters. The minimum absolute atomic E-state index is 0.130. The first-order valence-electron chi connectivity index (χ1n) is 11.8. The third-order valence-electron chi connectivity index (χ3n) is 5.06. The number of benzene rings is 2. The Labute approximate surface area is 219 Å². The zero-order valence-electron chi connectivity index (χ0n) is 21.7. The fourth-order valence-corrected chi connectivity index (χ4v) is 2.94. The van der Waals surface area contributed by atoms with Crippen LogP contribution in [0.3, 0.4) is 0 Å². The minimum Gasteiger partial charge on any atom is -0.459 e. The van der Waals surface area contributed by atoms with Crippen molar-refractivity contribution in [3.05, 3.63) is 70.8 Å². The molecule has 2 aromatic rings. The summed E-state index contributed by atoms with van der Waals surface area (Å²) in [5, 5.41) is 4.77. The number of nitrogens with one attached hydrogen (secondary N) is 2. The Morgan fingerprint density at radius 2 is 0.895 bits per heavy atom. The largest absolute Gasteiger partial charge is 0.459 e. The van der Waals surface area contributed by atoms with E-state index in [-0.39, 0.29) is 35.2 Å². The lowest BCUT2D eigenvalue weighted by atomic mass is 10.1. The Hall–Kier alpha value is -4.54. The van der Waals surface area contributed by atoms with Crippen molar-refractivity contribution in [1.82, 2.24) is 10.6 Å². The van der Waals surface area contributed by atoms with Crippen molar-refractivity contribution in [3.8, 4) is 0 Å². The van der Waals surface area contributed by atoms with Crippen LogP contribution in [0.4, 0.5) is 0 Å². The van der Waals surface area contributed by atoms with Crippen LogP contribution in [-0.2, 0) is 23.8 Å². The van der Waals surface area contributed by atoms with Gasteiger partial charge in [0.05, 0.1) is 29.5 Å². The van der Waals surface area contributed by atoms with E-state index in [1.807, 2.05) is 0 Å². The van der Waals surface area contributed by atoms with Crippen LogP contribution in [-0.4, -0.2) is 60.5 Å². The monoisotopic (exact) mass is 526 g/mol. The summed E-state index contributed by atoms with van der Waals surface area (Å²) < 4.78 is 15.3. The molecular formula is C27H30N2O9. The van der Waals surface area contributed by atoms with Gasteiger partial charge in [0.2, 0.25) is 0 Å². The molecule has 2 amide bonds. The second kappa shape index (κ2) is 13.7. The smallest absolute Gasteiger partial charge is 0.338 e. The maximum Gasteiger partial charge on any atom is 0.338 e. The molecule has 202 valence electrons. The summed E-state index contributed by atoms with van der Waals surface area (Å²) in [7, 11) is 0. The van der Waals surface area contributed by atoms with Gasteiger partial charge in [0.15, 0.2) is 18.0 Å². The van der Waals surface area contributed by atoms with Gasteiger partial charge >= 0.3 is 17.9 Å². The first-order chi connectivity index (χ1) is 17.9. The third kappa shape index (κ3) is 8.84. The normalized spacial score (nSPS) is 12.1. The van der Waals surface area contributed by atoms with Gasteiger partial charge in [0.1, 0.15) is 0 Å². The standard InChI is InChI=1S/C27H30N2O9/c1-15(2)36-25(33)20-10-12-22(13-11-20)27(35)38-18(5)24(32)29-14-28-23(31)17(4)37-26(34)21-8-6-19(7-9-21)16(3)30/h6-13,15,17-18H,14H2,1-5H3,(H,28,31)(H,29,32). The molecule has 0 saturated carbocycles. The first kappa shape index (κ1) is 29.7. The Bertz CT molecular complexity index is 1190. The SMILES string of the molecule is CC(=O)c1ccc(C(=O)OC(C)C(=O)NCNC(=O)C(C)OC(=O)c2ccc(C(=O)OC(C)C)cc2)cc1. The fraction of sp³-hybridized carbons (Fsp3) is 0.333. The van der Waals surface area contributed by atoms with E-state index in [4.69, 9.17) is 14.2 Å². The number of esters is 3. The van der Waals surface area contributed by atoms with Gasteiger partial charge in [-0.3, -0.25) is 14.4 Å². The molecule has 2 unspecified atom stereocenters. The lowest BCUT2D eigenvalue weighted by Gasteiger charge is -2.16. The number of rotatable bonds is 11. The van der Waals surface area contributed by atoms with E-state index in [2.05, 4.69) is 10.6 Å². The van der Waals surface area contributed by atoms with Crippen molar-refractivity contribution < 1.29 is 43.0 Å². The molecular weight excluding hydrogens is 496 g/mol. The van der Waals surface area contributed by atoms with E-state index in [1.54, 1.807) is 13.8 Å². The van der Waals surface area contributed by atoms with E-state index in [9.17, 15) is 28.8 Å². The zero-order valence-corrected chi connectivity index (χ0v) is 21.7. The predicted octanol–water partition coefficient (Wildman–Crippen LogP) is 2.44. The molecule has 0 bridgehead atoms. The summed E-state index contributed by atoms with van der Waals surface area (Å²) in [5.41, 5.74) is 1.00. The molecule has 0 aliphatic heterocycles. The number of amides is 2. The number of carbonyl (C=O) groups is 6. The molecule has 2 aromatic carbocycles. The molecule has 0 aliphatic rings. The molecule has 11 heteroatoms. The highest BCUT2D eigenvalue weighted by Gasteiger charge is 2.22. The number of hydrogen-bond acceptors (Lipinski definition) is 9. The average Bonchev–Trinajstić information content (AvgIpc) is 2.88. The van der Waals surface area contributed by atoms with E-state index in [0.717, 1.165) is 0 Å². The Kier molecular flexibility index (Phi) is 10.7. The quantitative estimate of drug-likeness (QED) is 0.194. The fourth-order valence-electron chi connectivity index (χ4n) is 2.94. The molecule has 0 spiro atoms. The third-order valence-corrected chi connectivity index (χ3v) is 5.06. The Morgan fingerprint density at radius 3 is 1.21 bits per heavy atom. The highest BCUT2D eigenvalue weighted by Crippen LogP contribution is 2.10. The maximum atomic E-state index is 12.3. The number of Topliss-reactive ketones (excluding diaryl/α,β-unsaturated/α-hetero) is 1. The van der Waals surface area contributed by atoms with Gasteiger partial charge in [-0.25, -0.2) is 14.4 Å². The summed E-state index contributed by atoms with van der Waals surface area (Å²) in [4.78, 5) is 72.1. The predicted molar refractivity (Wildman–Crippen MR) is 134 cm³/mol. The molecule has 0 radical (unpaired) electrons. The van der Waals surface area contributed by atoms with Crippen molar-refractivity contribution in [2.45, 2.75) is 52.9 Å². The van der Waals surface area contributed by atoms with Crippen LogP contribution in [0.1, 0.15) is 76.1 Å². The number of ketones is 1. The van der Waals surface area contributed by atoms with E-state index in [0.29, 0.717) is 5.56 Å². The minimum atomic E-state index is -1.18. The highest BCUT2D eigenvalue weighted by molar-refractivity contribution is 5.97. The molecule has 38 heavy (non-hydrogen) atoms. The van der Waals surface area contributed by atoms with E-state index >= 15 is 0 Å². The molecule has 0 saturated heterocycles. The van der Waals surface area contributed by atoms with Gasteiger partial charge in [-0.05, 0) is 71.0 Å². The second-order valence-electron chi connectivity index (χ2n) is 8.52. The lowest BCUT2D eigenvalue weighted by Crippen LogP contribution is -2.45. The van der Waals surface area contributed by atoms with Gasteiger partial charge in [-0.2, -0.15) is 0 Å². The first-order valence-corrected chi connectivity index (χ1v) is 11.8. The summed E-state index contributed by atoms with van der Waals surface area (Å²) in [6.45, 7) is 7.24. The van der Waals surface area contributed by atoms with Gasteiger partial charge < -0.3 is 24.8 Å². The zero-order chi connectivity index (χ0) is 28.4. The molecule has 0 aliphatic carbocycles. The van der Waals surface area contributed by atoms with Gasteiger partial charge in [-0.15, -0.1) is 0 Å². The van der Waals surface area contributed by atoms with E-state index < -0.39 is 41.9 Å². The molecule has 0 heterocycles. The molecule has 0 fully saturated rings. The van der Waals surface area contributed by atoms with Gasteiger partial charge in [-0.1, -0.05) is 12.1 Å². The van der Waals surface area contributed by atoms with Gasteiger partial charge in [0.25, 0.3) is 11.8 Å². The number of ether oxygens (including phenoxy) is 3. The van der Waals surface area contributed by atoms with Gasteiger partial charge in [0, 0.05) is 5.56 Å². The van der Waals surface area contributed by atoms with Crippen LogP contribution in [0.15, 0.2) is 48.5 Å². The molecule has 11 nitrogen and oxygen atoms in total. The Balaban J connectivity index is 1.77. The molecule has 0 aromatic heterocycles. The summed E-state index contributed by atoms with van der Waals surface area (Å²) in [6, 6.07) is 11.4. The van der Waals surface area contributed by atoms with Crippen molar-refractivity contribution >= 4 is 35.5 Å². The average molecular weight is 527 g/mol. The van der Waals surface area contributed by atoms with Crippen LogP contribution >= 0.6 is 0 Å².